The molecule has 0 spiro atoms. The second-order valence-electron chi connectivity index (χ2n) is 2.47. The third-order valence-electron chi connectivity index (χ3n) is 1.54. The van der Waals surface area contributed by atoms with Crippen LogP contribution in [-0.2, 0) is 4.84 Å². The van der Waals surface area contributed by atoms with E-state index in [1.54, 1.807) is 6.07 Å². The van der Waals surface area contributed by atoms with E-state index < -0.39 is 12.3 Å². The molecule has 0 bridgehead atoms. The topological polar surface area (TPSA) is 35.2 Å². The largest absolute Gasteiger partial charge is 0.420 e. The first kappa shape index (κ1) is 10.0. The van der Waals surface area contributed by atoms with Crippen molar-refractivity contribution in [2.45, 2.75) is 12.3 Å². The van der Waals surface area contributed by atoms with Gasteiger partial charge in [-0.15, -0.1) is 0 Å². The lowest BCUT2D eigenvalue weighted by Gasteiger charge is -2.17. The molecular weight excluding hydrogens is 183 g/mol. The van der Waals surface area contributed by atoms with E-state index in [0.717, 1.165) is 0 Å². The van der Waals surface area contributed by atoms with Crippen molar-refractivity contribution < 1.29 is 18.0 Å². The van der Waals surface area contributed by atoms with Crippen molar-refractivity contribution >= 4 is 0 Å². The van der Waals surface area contributed by atoms with Gasteiger partial charge in [-0.25, -0.2) is 5.90 Å². The van der Waals surface area contributed by atoms with Crippen molar-refractivity contribution in [3.63, 3.8) is 0 Å². The van der Waals surface area contributed by atoms with Gasteiger partial charge in [0.2, 0.25) is 0 Å². The smallest absolute Gasteiger partial charge is 0.287 e. The van der Waals surface area contributed by atoms with E-state index in [-0.39, 0.29) is 5.56 Å². The van der Waals surface area contributed by atoms with Gasteiger partial charge in [-0.2, -0.15) is 13.2 Å². The molecule has 0 saturated carbocycles. The normalized spacial score (nSPS) is 14.2. The number of nitrogens with two attached hydrogens (primary N) is 1. The van der Waals surface area contributed by atoms with Crippen LogP contribution in [0.3, 0.4) is 0 Å². The maximum Gasteiger partial charge on any atom is 0.420 e. The Bertz CT molecular complexity index is 260. The predicted octanol–water partition coefficient (Wildman–Crippen LogP) is 2.18. The fourth-order valence-corrected chi connectivity index (χ4v) is 0.973. The lowest BCUT2D eigenvalue weighted by molar-refractivity contribution is -0.225. The van der Waals surface area contributed by atoms with Crippen LogP contribution < -0.4 is 5.90 Å². The molecule has 0 radical (unpaired) electrons. The molecule has 0 fully saturated rings. The molecule has 2 N–H and O–H groups in total. The molecule has 1 aromatic rings. The fraction of sp³-hybridized carbons (Fsp3) is 0.250. The molecule has 0 saturated heterocycles. The van der Waals surface area contributed by atoms with Gasteiger partial charge in [0.15, 0.2) is 6.10 Å². The molecule has 0 heterocycles. The van der Waals surface area contributed by atoms with E-state index in [0.29, 0.717) is 0 Å². The van der Waals surface area contributed by atoms with Crippen molar-refractivity contribution in [3.8, 4) is 0 Å². The summed E-state index contributed by atoms with van der Waals surface area (Å²) < 4.78 is 36.6. The Kier molecular flexibility index (Phi) is 2.90. The monoisotopic (exact) mass is 191 g/mol. The van der Waals surface area contributed by atoms with Crippen LogP contribution in [0.2, 0.25) is 0 Å². The average molecular weight is 191 g/mol. The van der Waals surface area contributed by atoms with Crippen molar-refractivity contribution in [1.29, 1.82) is 0 Å². The molecule has 1 unspecified atom stereocenters. The molecule has 13 heavy (non-hydrogen) atoms. The van der Waals surface area contributed by atoms with Crippen LogP contribution in [-0.4, -0.2) is 6.18 Å². The quantitative estimate of drug-likeness (QED) is 0.727. The number of hydrogen-bond acceptors (Lipinski definition) is 2. The zero-order valence-electron chi connectivity index (χ0n) is 6.58. The van der Waals surface area contributed by atoms with Crippen molar-refractivity contribution in [3.05, 3.63) is 35.9 Å². The van der Waals surface area contributed by atoms with Crippen LogP contribution in [0.5, 0.6) is 0 Å². The maximum atomic E-state index is 12.2. The first-order chi connectivity index (χ1) is 6.05. The molecular formula is C8H8F3NO. The van der Waals surface area contributed by atoms with Crippen LogP contribution in [0.4, 0.5) is 13.2 Å². The highest BCUT2D eigenvalue weighted by atomic mass is 19.4. The van der Waals surface area contributed by atoms with Gasteiger partial charge in [-0.05, 0) is 5.56 Å². The fourth-order valence-electron chi connectivity index (χ4n) is 0.973. The summed E-state index contributed by atoms with van der Waals surface area (Å²) in [7, 11) is 0. The van der Waals surface area contributed by atoms with E-state index in [2.05, 4.69) is 10.7 Å². The second-order valence-corrected chi connectivity index (χ2v) is 2.47. The molecule has 5 heteroatoms. The maximum absolute atomic E-state index is 12.2. The van der Waals surface area contributed by atoms with E-state index in [4.69, 9.17) is 0 Å². The Morgan fingerprint density at radius 1 is 1.15 bits per heavy atom. The lowest BCUT2D eigenvalue weighted by Crippen LogP contribution is -2.25. The highest BCUT2D eigenvalue weighted by Gasteiger charge is 2.41. The van der Waals surface area contributed by atoms with Crippen LogP contribution in [0.15, 0.2) is 30.3 Å². The van der Waals surface area contributed by atoms with Gasteiger partial charge in [0.25, 0.3) is 0 Å². The Morgan fingerprint density at radius 3 is 2.08 bits per heavy atom. The van der Waals surface area contributed by atoms with Crippen molar-refractivity contribution in [1.82, 2.24) is 0 Å². The third kappa shape index (κ3) is 2.43. The molecule has 2 nitrogen and oxygen atoms in total. The van der Waals surface area contributed by atoms with Crippen LogP contribution in [0.1, 0.15) is 11.7 Å². The number of halogens is 3. The van der Waals surface area contributed by atoms with Gasteiger partial charge in [0.05, 0.1) is 0 Å². The predicted molar refractivity (Wildman–Crippen MR) is 40.5 cm³/mol. The molecule has 0 amide bonds. The van der Waals surface area contributed by atoms with Crippen LogP contribution in [0, 0.1) is 0 Å². The number of benzene rings is 1. The average Bonchev–Trinajstić information content (AvgIpc) is 2.05. The molecule has 1 aromatic carbocycles. The molecule has 1 atom stereocenters. The van der Waals surface area contributed by atoms with E-state index in [9.17, 15) is 13.2 Å². The SMILES string of the molecule is NOC(c1ccccc1)C(F)(F)F. The Morgan fingerprint density at radius 2 is 1.69 bits per heavy atom. The summed E-state index contributed by atoms with van der Waals surface area (Å²) in [6.07, 6.45) is -6.52. The molecule has 0 aliphatic heterocycles. The summed E-state index contributed by atoms with van der Waals surface area (Å²) in [6, 6.07) is 7.23. The van der Waals surface area contributed by atoms with Crippen LogP contribution in [0.25, 0.3) is 0 Å². The van der Waals surface area contributed by atoms with Crippen molar-refractivity contribution in [2.24, 2.45) is 5.90 Å². The molecule has 0 aliphatic carbocycles. The standard InChI is InChI=1S/C8H8F3NO/c9-8(10,11)7(13-12)6-4-2-1-3-5-6/h1-5,7H,12H2. The second kappa shape index (κ2) is 3.76. The highest BCUT2D eigenvalue weighted by molar-refractivity contribution is 5.18. The Balaban J connectivity index is 2.92. The van der Waals surface area contributed by atoms with E-state index >= 15 is 0 Å². The minimum Gasteiger partial charge on any atom is -0.287 e. The van der Waals surface area contributed by atoms with Gasteiger partial charge in [0.1, 0.15) is 0 Å². The molecule has 1 rings (SSSR count). The minimum absolute atomic E-state index is 0.00231. The summed E-state index contributed by atoms with van der Waals surface area (Å²) >= 11 is 0. The van der Waals surface area contributed by atoms with Gasteiger partial charge < -0.3 is 0 Å². The van der Waals surface area contributed by atoms with Gasteiger partial charge >= 0.3 is 6.18 Å². The van der Waals surface area contributed by atoms with Crippen molar-refractivity contribution in [2.75, 3.05) is 0 Å². The Hall–Kier alpha value is -1.07. The minimum atomic E-state index is -4.48. The lowest BCUT2D eigenvalue weighted by atomic mass is 10.1. The van der Waals surface area contributed by atoms with Gasteiger partial charge in [0, 0.05) is 0 Å². The first-order valence-corrected chi connectivity index (χ1v) is 3.53. The van der Waals surface area contributed by atoms with E-state index in [1.807, 2.05) is 0 Å². The molecule has 0 aliphatic rings. The number of rotatable bonds is 2. The van der Waals surface area contributed by atoms with Gasteiger partial charge in [-0.3, -0.25) is 4.84 Å². The zero-order valence-corrected chi connectivity index (χ0v) is 6.58. The summed E-state index contributed by atoms with van der Waals surface area (Å²) in [4.78, 5) is 3.88. The summed E-state index contributed by atoms with van der Waals surface area (Å²) in [5, 5.41) is 0. The first-order valence-electron chi connectivity index (χ1n) is 3.53. The molecule has 0 aromatic heterocycles. The number of hydrogen-bond donors (Lipinski definition) is 1. The Labute approximate surface area is 73.1 Å². The summed E-state index contributed by atoms with van der Waals surface area (Å²) in [5.74, 6) is 4.57. The highest BCUT2D eigenvalue weighted by Crippen LogP contribution is 2.34. The van der Waals surface area contributed by atoms with E-state index in [1.165, 1.54) is 24.3 Å². The summed E-state index contributed by atoms with van der Waals surface area (Å²) in [6.45, 7) is 0. The molecule has 72 valence electrons. The number of alkyl halides is 3. The summed E-state index contributed by atoms with van der Waals surface area (Å²) in [5.41, 5.74) is -0.00231. The van der Waals surface area contributed by atoms with Crippen LogP contribution >= 0.6 is 0 Å². The third-order valence-corrected chi connectivity index (χ3v) is 1.54. The van der Waals surface area contributed by atoms with Gasteiger partial charge in [-0.1, -0.05) is 30.3 Å². The zero-order chi connectivity index (χ0) is 9.90.